The Balaban J connectivity index is 1.10. The summed E-state index contributed by atoms with van der Waals surface area (Å²) >= 11 is 1.26. The number of aromatic nitrogens is 1. The summed E-state index contributed by atoms with van der Waals surface area (Å²) in [5.41, 5.74) is 4.04. The fraction of sp³-hybridized carbons (Fsp3) is 0.308. The number of amides is 2. The van der Waals surface area contributed by atoms with E-state index in [1.54, 1.807) is 0 Å². The summed E-state index contributed by atoms with van der Waals surface area (Å²) < 4.78 is 5.57. The van der Waals surface area contributed by atoms with Gasteiger partial charge in [0, 0.05) is 30.8 Å². The molecule has 0 aliphatic heterocycles. The number of carbonyl (C=O) groups excluding carboxylic acids is 2. The molecule has 1 saturated carbocycles. The van der Waals surface area contributed by atoms with Crippen LogP contribution in [-0.2, 0) is 16.0 Å². The Bertz CT molecular complexity index is 1240. The highest BCUT2D eigenvalue weighted by molar-refractivity contribution is 7.09. The van der Waals surface area contributed by atoms with Crippen LogP contribution >= 0.6 is 11.3 Å². The zero-order valence-corrected chi connectivity index (χ0v) is 19.8. The molecule has 0 unspecified atom stereocenters. The van der Waals surface area contributed by atoms with Gasteiger partial charge in [-0.25, -0.2) is 14.6 Å². The Morgan fingerprint density at radius 2 is 1.69 bits per heavy atom. The number of carbonyl (C=O) groups is 3. The van der Waals surface area contributed by atoms with Crippen molar-refractivity contribution in [1.82, 2.24) is 15.6 Å². The van der Waals surface area contributed by atoms with E-state index < -0.39 is 17.5 Å². The number of carboxylic acid groups (broad SMARTS) is 1. The molecule has 3 N–H and O–H groups in total. The van der Waals surface area contributed by atoms with Crippen LogP contribution in [0.25, 0.3) is 11.1 Å². The molecule has 1 aromatic heterocycles. The highest BCUT2D eigenvalue weighted by Gasteiger charge is 2.49. The van der Waals surface area contributed by atoms with Gasteiger partial charge in [0.05, 0.1) is 10.4 Å². The summed E-state index contributed by atoms with van der Waals surface area (Å²) in [6, 6.07) is 16.3. The number of aromatic carboxylic acids is 1. The van der Waals surface area contributed by atoms with E-state index in [0.29, 0.717) is 30.8 Å². The van der Waals surface area contributed by atoms with Gasteiger partial charge in [-0.15, -0.1) is 11.3 Å². The van der Waals surface area contributed by atoms with Gasteiger partial charge in [0.15, 0.2) is 5.69 Å². The number of carboxylic acids is 1. The standard InChI is InChI=1S/C26H25N3O5S/c30-23(31)21-14-35-22(29-21)9-12-27-24(32)26(10-11-26)15-28-25(33)34-13-20-18-7-3-1-5-16(18)17-6-2-4-8-19(17)20/h1-8,14,20H,9-13,15H2,(H,27,32)(H,28,33)(H,30,31). The Morgan fingerprint density at radius 1 is 1.03 bits per heavy atom. The van der Waals surface area contributed by atoms with Crippen LogP contribution in [0, 0.1) is 5.41 Å². The smallest absolute Gasteiger partial charge is 0.407 e. The van der Waals surface area contributed by atoms with Gasteiger partial charge in [-0.05, 0) is 35.1 Å². The third-order valence-corrected chi connectivity index (χ3v) is 7.55. The Kier molecular flexibility index (Phi) is 6.25. The normalized spacial score (nSPS) is 15.1. The lowest BCUT2D eigenvalue weighted by Gasteiger charge is -2.17. The van der Waals surface area contributed by atoms with E-state index in [-0.39, 0.29) is 30.7 Å². The molecule has 5 rings (SSSR count). The van der Waals surface area contributed by atoms with Gasteiger partial charge >= 0.3 is 12.1 Å². The summed E-state index contributed by atoms with van der Waals surface area (Å²) in [6.45, 7) is 0.805. The SMILES string of the molecule is O=C(NCC1(C(=O)NCCc2nc(C(=O)O)cs2)CC1)OCC1c2ccccc2-c2ccccc21. The number of nitrogens with one attached hydrogen (secondary N) is 2. The van der Waals surface area contributed by atoms with Crippen molar-refractivity contribution in [2.45, 2.75) is 25.2 Å². The van der Waals surface area contributed by atoms with Crippen LogP contribution in [0.1, 0.15) is 45.4 Å². The minimum absolute atomic E-state index is 0.0150. The van der Waals surface area contributed by atoms with Crippen LogP contribution in [0.4, 0.5) is 4.79 Å². The molecule has 2 amide bonds. The second-order valence-electron chi connectivity index (χ2n) is 8.90. The summed E-state index contributed by atoms with van der Waals surface area (Å²) in [7, 11) is 0. The van der Waals surface area contributed by atoms with Gasteiger partial charge in [-0.2, -0.15) is 0 Å². The molecule has 1 heterocycles. The largest absolute Gasteiger partial charge is 0.476 e. The number of ether oxygens (including phenoxy) is 1. The monoisotopic (exact) mass is 491 g/mol. The highest BCUT2D eigenvalue weighted by Crippen LogP contribution is 2.46. The van der Waals surface area contributed by atoms with Crippen LogP contribution in [0.3, 0.4) is 0 Å². The first kappa shape index (κ1) is 23.0. The molecule has 0 atom stereocenters. The first-order chi connectivity index (χ1) is 17.0. The number of hydrogen-bond donors (Lipinski definition) is 3. The lowest BCUT2D eigenvalue weighted by molar-refractivity contribution is -0.126. The minimum atomic E-state index is -1.06. The maximum absolute atomic E-state index is 12.7. The van der Waals surface area contributed by atoms with Gasteiger partial charge in [0.1, 0.15) is 6.61 Å². The molecule has 35 heavy (non-hydrogen) atoms. The van der Waals surface area contributed by atoms with Crippen LogP contribution in [-0.4, -0.2) is 47.8 Å². The first-order valence-corrected chi connectivity index (χ1v) is 12.4. The molecule has 0 bridgehead atoms. The van der Waals surface area contributed by atoms with Gasteiger partial charge in [0.25, 0.3) is 0 Å². The highest BCUT2D eigenvalue weighted by atomic mass is 32.1. The molecule has 9 heteroatoms. The molecule has 2 aliphatic carbocycles. The lowest BCUT2D eigenvalue weighted by Crippen LogP contribution is -2.41. The van der Waals surface area contributed by atoms with Crippen LogP contribution in [0.5, 0.6) is 0 Å². The number of nitrogens with zero attached hydrogens (tertiary/aromatic N) is 1. The first-order valence-electron chi connectivity index (χ1n) is 11.5. The Hall–Kier alpha value is -3.72. The third kappa shape index (κ3) is 4.77. The Morgan fingerprint density at radius 3 is 2.29 bits per heavy atom. The number of alkyl carbamates (subject to hydrolysis) is 1. The molecule has 0 saturated heterocycles. The van der Waals surface area contributed by atoms with Crippen molar-refractivity contribution in [2.75, 3.05) is 19.7 Å². The van der Waals surface area contributed by atoms with Gasteiger partial charge in [-0.3, -0.25) is 4.79 Å². The number of fused-ring (bicyclic) bond motifs is 3. The molecule has 0 spiro atoms. The van der Waals surface area contributed by atoms with Crippen molar-refractivity contribution in [3.8, 4) is 11.1 Å². The average molecular weight is 492 g/mol. The zero-order chi connectivity index (χ0) is 24.4. The van der Waals surface area contributed by atoms with Crippen molar-refractivity contribution in [1.29, 1.82) is 0 Å². The van der Waals surface area contributed by atoms with E-state index >= 15 is 0 Å². The van der Waals surface area contributed by atoms with Crippen LogP contribution < -0.4 is 10.6 Å². The maximum Gasteiger partial charge on any atom is 0.407 e. The summed E-state index contributed by atoms with van der Waals surface area (Å²) in [6.07, 6.45) is 1.32. The average Bonchev–Trinajstić information content (AvgIpc) is 3.39. The van der Waals surface area contributed by atoms with E-state index in [4.69, 9.17) is 9.84 Å². The number of hydrogen-bond acceptors (Lipinski definition) is 6. The number of rotatable bonds is 9. The van der Waals surface area contributed by atoms with Gasteiger partial charge in [0.2, 0.25) is 5.91 Å². The predicted octanol–water partition coefficient (Wildman–Crippen LogP) is 3.82. The quantitative estimate of drug-likeness (QED) is 0.419. The molecule has 3 aromatic rings. The van der Waals surface area contributed by atoms with Crippen molar-refractivity contribution in [2.24, 2.45) is 5.41 Å². The molecular formula is C26H25N3O5S. The molecule has 1 fully saturated rings. The topological polar surface area (TPSA) is 118 Å². The molecule has 8 nitrogen and oxygen atoms in total. The van der Waals surface area contributed by atoms with E-state index in [9.17, 15) is 14.4 Å². The molecule has 0 radical (unpaired) electrons. The number of thiazole rings is 1. The Labute approximate surface area is 206 Å². The third-order valence-electron chi connectivity index (χ3n) is 6.65. The maximum atomic E-state index is 12.7. The molecular weight excluding hydrogens is 466 g/mol. The number of benzene rings is 2. The zero-order valence-electron chi connectivity index (χ0n) is 19.0. The molecule has 2 aromatic carbocycles. The minimum Gasteiger partial charge on any atom is -0.476 e. The van der Waals surface area contributed by atoms with Gasteiger partial charge in [-0.1, -0.05) is 48.5 Å². The lowest BCUT2D eigenvalue weighted by atomic mass is 9.98. The predicted molar refractivity (Wildman–Crippen MR) is 131 cm³/mol. The van der Waals surface area contributed by atoms with Crippen LogP contribution in [0.2, 0.25) is 0 Å². The van der Waals surface area contributed by atoms with E-state index in [1.807, 2.05) is 24.3 Å². The second-order valence-corrected chi connectivity index (χ2v) is 9.84. The van der Waals surface area contributed by atoms with Crippen molar-refractivity contribution >= 4 is 29.3 Å². The fourth-order valence-electron chi connectivity index (χ4n) is 4.52. The van der Waals surface area contributed by atoms with Gasteiger partial charge < -0.3 is 20.5 Å². The molecule has 2 aliphatic rings. The van der Waals surface area contributed by atoms with E-state index in [0.717, 1.165) is 11.1 Å². The van der Waals surface area contributed by atoms with Crippen molar-refractivity contribution in [3.63, 3.8) is 0 Å². The fourth-order valence-corrected chi connectivity index (χ4v) is 5.29. The summed E-state index contributed by atoms with van der Waals surface area (Å²) in [4.78, 5) is 40.1. The van der Waals surface area contributed by atoms with Crippen LogP contribution in [0.15, 0.2) is 53.9 Å². The van der Waals surface area contributed by atoms with E-state index in [2.05, 4.69) is 39.9 Å². The second kappa shape index (κ2) is 9.50. The molecule has 180 valence electrons. The van der Waals surface area contributed by atoms with E-state index in [1.165, 1.54) is 27.8 Å². The summed E-state index contributed by atoms with van der Waals surface area (Å²) in [5.74, 6) is -1.20. The summed E-state index contributed by atoms with van der Waals surface area (Å²) in [5, 5.41) is 16.7. The van der Waals surface area contributed by atoms with Crippen molar-refractivity contribution < 1.29 is 24.2 Å². The van der Waals surface area contributed by atoms with Crippen molar-refractivity contribution in [3.05, 3.63) is 75.7 Å².